The van der Waals surface area contributed by atoms with E-state index in [2.05, 4.69) is 54.5 Å². The number of Topliss-reactive ketones (excluding diaryl/α,β-unsaturated/α-hetero) is 1. The number of hydrogen-bond acceptors (Lipinski definition) is 3. The first-order valence-corrected chi connectivity index (χ1v) is 17.1. The van der Waals surface area contributed by atoms with E-state index in [9.17, 15) is 4.79 Å². The topological polar surface area (TPSA) is 69.1 Å². The van der Waals surface area contributed by atoms with Gasteiger partial charge in [0.25, 0.3) is 0 Å². The van der Waals surface area contributed by atoms with Crippen molar-refractivity contribution in [3.63, 3.8) is 0 Å². The van der Waals surface area contributed by atoms with Gasteiger partial charge in [0, 0.05) is 22.9 Å². The molecule has 0 aliphatic heterocycles. The molecule has 0 amide bonds. The van der Waals surface area contributed by atoms with Crippen molar-refractivity contribution < 1.29 is 4.79 Å². The molecule has 3 nitrogen and oxygen atoms in total. The lowest BCUT2D eigenvalue weighted by Crippen LogP contribution is -2.59. The van der Waals surface area contributed by atoms with Crippen LogP contribution in [0.1, 0.15) is 137 Å². The van der Waals surface area contributed by atoms with Crippen LogP contribution in [0.15, 0.2) is 29.8 Å². The highest BCUT2D eigenvalue weighted by Gasteiger charge is 2.64. The average Bonchev–Trinajstić information content (AvgIpc) is 3.26. The number of benzene rings is 1. The number of hydrogen-bond donors (Lipinski definition) is 2. The highest BCUT2D eigenvalue weighted by molar-refractivity contribution is 6.00. The van der Waals surface area contributed by atoms with Crippen molar-refractivity contribution >= 4 is 17.2 Å². The van der Waals surface area contributed by atoms with E-state index in [-0.39, 0.29) is 17.1 Å². The number of carbonyl (C=O) groups is 1. The molecule has 1 aromatic carbocycles. The van der Waals surface area contributed by atoms with E-state index in [1.165, 1.54) is 63.4 Å². The highest BCUT2D eigenvalue weighted by atomic mass is 16.1. The van der Waals surface area contributed by atoms with E-state index >= 15 is 0 Å². The summed E-state index contributed by atoms with van der Waals surface area (Å²) in [6.45, 7) is 21.1. The third kappa shape index (κ3) is 5.65. The van der Waals surface area contributed by atoms with Gasteiger partial charge in [-0.2, -0.15) is 0 Å². The number of nitrogen functional groups attached to an aromatic ring is 2. The molecule has 0 aromatic heterocycles. The maximum Gasteiger partial charge on any atom is 0.166 e. The number of nitrogens with two attached hydrogens (primary N) is 2. The van der Waals surface area contributed by atoms with Crippen molar-refractivity contribution in [2.24, 2.45) is 57.7 Å². The molecule has 4 fully saturated rings. The first-order valence-electron chi connectivity index (χ1n) is 17.1. The van der Waals surface area contributed by atoms with Crippen molar-refractivity contribution in [3.8, 4) is 0 Å². The second-order valence-electron chi connectivity index (χ2n) is 15.7. The second kappa shape index (κ2) is 12.1. The van der Waals surface area contributed by atoms with E-state index in [4.69, 9.17) is 11.5 Å². The second-order valence-corrected chi connectivity index (χ2v) is 15.7. The van der Waals surface area contributed by atoms with Crippen LogP contribution in [0.2, 0.25) is 0 Å². The Morgan fingerprint density at radius 2 is 1.49 bits per heavy atom. The van der Waals surface area contributed by atoms with Gasteiger partial charge in [-0.15, -0.1) is 0 Å². The summed E-state index contributed by atoms with van der Waals surface area (Å²) in [5.41, 5.74) is 16.3. The minimum Gasteiger partial charge on any atom is -0.399 e. The number of ketones is 1. The van der Waals surface area contributed by atoms with Crippen LogP contribution in [0.25, 0.3) is 0 Å². The number of carbonyl (C=O) groups excluding carboxylic acids is 1. The maximum absolute atomic E-state index is 13.9. The fourth-order valence-corrected chi connectivity index (χ4v) is 11.4. The average molecular weight is 563 g/mol. The molecular weight excluding hydrogens is 500 g/mol. The number of anilines is 2. The summed E-state index contributed by atoms with van der Waals surface area (Å²) in [5.74, 6) is 5.17. The zero-order chi connectivity index (χ0) is 30.3. The molecule has 5 rings (SSSR count). The van der Waals surface area contributed by atoms with Crippen LogP contribution in [-0.2, 0) is 0 Å². The Hall–Kier alpha value is -1.77. The molecule has 3 heteroatoms. The number of fused-ring (bicyclic) bond motifs is 5. The van der Waals surface area contributed by atoms with Crippen molar-refractivity contribution in [1.29, 1.82) is 0 Å². The van der Waals surface area contributed by atoms with Gasteiger partial charge in [-0.05, 0) is 148 Å². The normalized spacial score (nSPS) is 37.9. The molecule has 0 bridgehead atoms. The quantitative estimate of drug-likeness (QED) is 0.206. The van der Waals surface area contributed by atoms with Gasteiger partial charge in [-0.1, -0.05) is 60.1 Å². The molecule has 0 heterocycles. The molecule has 1 aromatic rings. The zero-order valence-corrected chi connectivity index (χ0v) is 28.0. The minimum atomic E-state index is -0.0210. The Morgan fingerprint density at radius 1 is 0.878 bits per heavy atom. The smallest absolute Gasteiger partial charge is 0.166 e. The Bertz CT molecular complexity index is 1100. The van der Waals surface area contributed by atoms with E-state index in [0.29, 0.717) is 33.7 Å². The Balaban J connectivity index is 0.00000189. The molecule has 4 saturated carbocycles. The third-order valence-corrected chi connectivity index (χ3v) is 13.2. The molecule has 0 radical (unpaired) electrons. The van der Waals surface area contributed by atoms with Crippen LogP contribution in [0.3, 0.4) is 0 Å². The molecule has 230 valence electrons. The van der Waals surface area contributed by atoms with Crippen LogP contribution in [0.4, 0.5) is 11.4 Å². The highest BCUT2D eigenvalue weighted by Crippen LogP contribution is 2.71. The SMILES string of the molecule is CC.CC(C)=CCCC(C)C1CCC2C3CCC4C(C)(C)C(C(=O)c5cc(N)cc(N)c5)CCC4(C)C3CCC12C. The van der Waals surface area contributed by atoms with Crippen molar-refractivity contribution in [2.45, 2.75) is 127 Å². The fourth-order valence-electron chi connectivity index (χ4n) is 11.4. The van der Waals surface area contributed by atoms with E-state index in [1.54, 1.807) is 6.07 Å². The fraction of sp³-hybridized carbons (Fsp3) is 0.763. The van der Waals surface area contributed by atoms with E-state index in [1.807, 2.05) is 26.0 Å². The molecular formula is C38H62N2O. The van der Waals surface area contributed by atoms with Gasteiger partial charge < -0.3 is 11.5 Å². The van der Waals surface area contributed by atoms with Gasteiger partial charge >= 0.3 is 0 Å². The van der Waals surface area contributed by atoms with Crippen molar-refractivity contribution in [3.05, 3.63) is 35.4 Å². The van der Waals surface area contributed by atoms with Gasteiger partial charge in [-0.25, -0.2) is 0 Å². The number of allylic oxidation sites excluding steroid dienone is 2. The lowest BCUT2D eigenvalue weighted by Gasteiger charge is -2.65. The molecule has 41 heavy (non-hydrogen) atoms. The largest absolute Gasteiger partial charge is 0.399 e. The summed E-state index contributed by atoms with van der Waals surface area (Å²) in [4.78, 5) is 13.9. The van der Waals surface area contributed by atoms with Crippen molar-refractivity contribution in [2.75, 3.05) is 11.5 Å². The third-order valence-electron chi connectivity index (χ3n) is 13.2. The van der Waals surface area contributed by atoms with Crippen LogP contribution in [0, 0.1) is 57.7 Å². The van der Waals surface area contributed by atoms with Gasteiger partial charge in [0.15, 0.2) is 5.78 Å². The summed E-state index contributed by atoms with van der Waals surface area (Å²) in [5, 5.41) is 0. The predicted molar refractivity (Wildman–Crippen MR) is 177 cm³/mol. The van der Waals surface area contributed by atoms with E-state index in [0.717, 1.165) is 36.0 Å². The summed E-state index contributed by atoms with van der Waals surface area (Å²) >= 11 is 0. The Labute approximate surface area is 252 Å². The summed E-state index contributed by atoms with van der Waals surface area (Å²) in [6, 6.07) is 5.41. The first-order chi connectivity index (χ1) is 19.3. The monoisotopic (exact) mass is 562 g/mol. The lowest BCUT2D eigenvalue weighted by atomic mass is 9.39. The van der Waals surface area contributed by atoms with Gasteiger partial charge in [0.1, 0.15) is 0 Å². The standard InChI is InChI=1S/C36H56N2O.C2H6/c1-22(2)9-8-10-23(3)28-12-13-29-27-11-14-32-34(4,5)31(33(39)24-19-25(37)21-26(38)20-24)16-18-36(32,7)30(27)15-17-35(28,29)6;1-2/h9,19-21,23,27-32H,8,10-18,37-38H2,1-7H3;1-2H3. The Kier molecular flexibility index (Phi) is 9.47. The van der Waals surface area contributed by atoms with Crippen LogP contribution in [0.5, 0.6) is 0 Å². The molecule has 9 unspecified atom stereocenters. The zero-order valence-electron chi connectivity index (χ0n) is 28.0. The maximum atomic E-state index is 13.9. The lowest BCUT2D eigenvalue weighted by molar-refractivity contribution is -0.157. The predicted octanol–water partition coefficient (Wildman–Crippen LogP) is 10.4. The van der Waals surface area contributed by atoms with Gasteiger partial charge in [0.05, 0.1) is 0 Å². The molecule has 0 spiro atoms. The summed E-state index contributed by atoms with van der Waals surface area (Å²) in [7, 11) is 0. The van der Waals surface area contributed by atoms with Gasteiger partial charge in [-0.3, -0.25) is 4.79 Å². The first kappa shape index (κ1) is 32.2. The minimum absolute atomic E-state index is 0.0210. The molecule has 4 aliphatic rings. The van der Waals surface area contributed by atoms with Gasteiger partial charge in [0.2, 0.25) is 0 Å². The molecule has 9 atom stereocenters. The molecule has 4 N–H and O–H groups in total. The molecule has 0 saturated heterocycles. The van der Waals surface area contributed by atoms with Crippen LogP contribution >= 0.6 is 0 Å². The van der Waals surface area contributed by atoms with Crippen molar-refractivity contribution in [1.82, 2.24) is 0 Å². The molecule has 4 aliphatic carbocycles. The Morgan fingerprint density at radius 3 is 2.12 bits per heavy atom. The van der Waals surface area contributed by atoms with Crippen LogP contribution in [-0.4, -0.2) is 5.78 Å². The summed E-state index contributed by atoms with van der Waals surface area (Å²) < 4.78 is 0. The number of rotatable bonds is 6. The van der Waals surface area contributed by atoms with E-state index < -0.39 is 0 Å². The van der Waals surface area contributed by atoms with Crippen LogP contribution < -0.4 is 11.5 Å². The summed E-state index contributed by atoms with van der Waals surface area (Å²) in [6.07, 6.45) is 15.5.